The van der Waals surface area contributed by atoms with Gasteiger partial charge in [0.2, 0.25) is 5.91 Å². The van der Waals surface area contributed by atoms with E-state index < -0.39 is 17.4 Å². The molecule has 3 rings (SSSR count). The van der Waals surface area contributed by atoms with Crippen molar-refractivity contribution >= 4 is 23.4 Å². The molecule has 0 aliphatic carbocycles. The van der Waals surface area contributed by atoms with Crippen molar-refractivity contribution in [2.45, 2.75) is 51.1 Å². The van der Waals surface area contributed by atoms with Crippen molar-refractivity contribution in [1.29, 1.82) is 0 Å². The van der Waals surface area contributed by atoms with Gasteiger partial charge in [0.15, 0.2) is 0 Å². The molecule has 126 valence electrons. The summed E-state index contributed by atoms with van der Waals surface area (Å²) >= 11 is 1.43. The van der Waals surface area contributed by atoms with Gasteiger partial charge in [-0.15, -0.1) is 5.10 Å². The van der Waals surface area contributed by atoms with E-state index in [1.54, 1.807) is 0 Å². The first-order valence-electron chi connectivity index (χ1n) is 7.98. The Morgan fingerprint density at radius 1 is 1.48 bits per heavy atom. The van der Waals surface area contributed by atoms with Gasteiger partial charge in [0.05, 0.1) is 22.0 Å². The second kappa shape index (κ2) is 6.16. The molecule has 2 saturated heterocycles. The van der Waals surface area contributed by atoms with Gasteiger partial charge in [-0.3, -0.25) is 14.5 Å². The van der Waals surface area contributed by atoms with E-state index in [4.69, 9.17) is 0 Å². The SMILES string of the molecule is CC(C)c1nnsc1CN1CCC2(CC1)NC(=O)CC2C(=O)O. The Labute approximate surface area is 139 Å². The van der Waals surface area contributed by atoms with E-state index in [0.29, 0.717) is 18.8 Å². The lowest BCUT2D eigenvalue weighted by atomic mass is 9.77. The number of aliphatic carboxylic acids is 1. The summed E-state index contributed by atoms with van der Waals surface area (Å²) in [5, 5.41) is 16.5. The molecule has 2 N–H and O–H groups in total. The van der Waals surface area contributed by atoms with Crippen molar-refractivity contribution < 1.29 is 14.7 Å². The zero-order valence-electron chi connectivity index (χ0n) is 13.4. The summed E-state index contributed by atoms with van der Waals surface area (Å²) in [5.41, 5.74) is 0.486. The van der Waals surface area contributed by atoms with Crippen molar-refractivity contribution in [3.05, 3.63) is 10.6 Å². The molecule has 2 fully saturated rings. The highest BCUT2D eigenvalue weighted by Gasteiger charge is 2.51. The van der Waals surface area contributed by atoms with Crippen molar-refractivity contribution in [2.75, 3.05) is 13.1 Å². The number of rotatable bonds is 4. The quantitative estimate of drug-likeness (QED) is 0.857. The first-order chi connectivity index (χ1) is 10.9. The highest BCUT2D eigenvalue weighted by Crippen LogP contribution is 2.37. The molecule has 7 nitrogen and oxygen atoms in total. The van der Waals surface area contributed by atoms with Crippen LogP contribution in [0, 0.1) is 5.92 Å². The number of likely N-dealkylation sites (tertiary alicyclic amines) is 1. The Morgan fingerprint density at radius 3 is 2.78 bits per heavy atom. The van der Waals surface area contributed by atoms with Gasteiger partial charge in [-0.1, -0.05) is 18.3 Å². The molecule has 1 atom stereocenters. The number of piperidine rings is 1. The molecule has 0 radical (unpaired) electrons. The van der Waals surface area contributed by atoms with Crippen molar-refractivity contribution in [2.24, 2.45) is 5.92 Å². The van der Waals surface area contributed by atoms with E-state index in [2.05, 4.69) is 33.7 Å². The molecule has 1 aromatic heterocycles. The van der Waals surface area contributed by atoms with Gasteiger partial charge in [-0.05, 0) is 30.3 Å². The third-order valence-corrected chi connectivity index (χ3v) is 5.71. The fourth-order valence-corrected chi connectivity index (χ4v) is 4.51. The second-order valence-corrected chi connectivity index (χ2v) is 7.65. The maximum absolute atomic E-state index is 11.7. The van der Waals surface area contributed by atoms with Gasteiger partial charge in [-0.25, -0.2) is 0 Å². The van der Waals surface area contributed by atoms with Crippen molar-refractivity contribution in [1.82, 2.24) is 19.8 Å². The molecule has 1 aromatic rings. The molecule has 0 bridgehead atoms. The first kappa shape index (κ1) is 16.3. The smallest absolute Gasteiger partial charge is 0.309 e. The molecular formula is C15H22N4O3S. The summed E-state index contributed by atoms with van der Waals surface area (Å²) < 4.78 is 4.06. The molecule has 8 heteroatoms. The fraction of sp³-hybridized carbons (Fsp3) is 0.733. The molecule has 1 unspecified atom stereocenters. The van der Waals surface area contributed by atoms with E-state index >= 15 is 0 Å². The summed E-state index contributed by atoms with van der Waals surface area (Å²) in [7, 11) is 0. The number of nitrogens with one attached hydrogen (secondary N) is 1. The van der Waals surface area contributed by atoms with E-state index in [1.807, 2.05) is 0 Å². The molecule has 0 aromatic carbocycles. The number of carbonyl (C=O) groups excluding carboxylic acids is 1. The largest absolute Gasteiger partial charge is 0.481 e. The summed E-state index contributed by atoms with van der Waals surface area (Å²) in [4.78, 5) is 26.6. The number of carbonyl (C=O) groups is 2. The molecule has 3 heterocycles. The number of carboxylic acid groups (broad SMARTS) is 1. The van der Waals surface area contributed by atoms with E-state index in [-0.39, 0.29) is 12.3 Å². The van der Waals surface area contributed by atoms with Gasteiger partial charge in [0, 0.05) is 26.1 Å². The van der Waals surface area contributed by atoms with Crippen LogP contribution in [-0.4, -0.2) is 50.1 Å². The minimum atomic E-state index is -0.870. The Morgan fingerprint density at radius 2 is 2.17 bits per heavy atom. The Balaban J connectivity index is 1.65. The average Bonchev–Trinajstić information content (AvgIpc) is 3.06. The van der Waals surface area contributed by atoms with Crippen LogP contribution in [0.5, 0.6) is 0 Å². The molecule has 2 aliphatic rings. The lowest BCUT2D eigenvalue weighted by Crippen LogP contribution is -2.55. The highest BCUT2D eigenvalue weighted by molar-refractivity contribution is 7.05. The van der Waals surface area contributed by atoms with Crippen LogP contribution in [0.25, 0.3) is 0 Å². The fourth-order valence-electron chi connectivity index (χ4n) is 3.67. The van der Waals surface area contributed by atoms with E-state index in [0.717, 1.165) is 25.3 Å². The highest BCUT2D eigenvalue weighted by atomic mass is 32.1. The predicted octanol–water partition coefficient (Wildman–Crippen LogP) is 1.22. The zero-order valence-corrected chi connectivity index (χ0v) is 14.2. The van der Waals surface area contributed by atoms with Crippen LogP contribution in [0.4, 0.5) is 0 Å². The van der Waals surface area contributed by atoms with Crippen LogP contribution in [0.2, 0.25) is 0 Å². The number of nitrogens with zero attached hydrogens (tertiary/aromatic N) is 3. The summed E-state index contributed by atoms with van der Waals surface area (Å²) in [6, 6.07) is 0. The average molecular weight is 338 g/mol. The third-order valence-electron chi connectivity index (χ3n) is 4.99. The molecule has 0 saturated carbocycles. The second-order valence-electron chi connectivity index (χ2n) is 6.81. The van der Waals surface area contributed by atoms with Crippen LogP contribution < -0.4 is 5.32 Å². The predicted molar refractivity (Wildman–Crippen MR) is 85.1 cm³/mol. The maximum atomic E-state index is 11.7. The van der Waals surface area contributed by atoms with Gasteiger partial charge < -0.3 is 10.4 Å². The minimum Gasteiger partial charge on any atom is -0.481 e. The molecule has 23 heavy (non-hydrogen) atoms. The van der Waals surface area contributed by atoms with E-state index in [1.165, 1.54) is 16.4 Å². The van der Waals surface area contributed by atoms with E-state index in [9.17, 15) is 14.7 Å². The Kier molecular flexibility index (Phi) is 4.37. The Bertz CT molecular complexity index is 608. The number of amides is 1. The first-order valence-corrected chi connectivity index (χ1v) is 8.76. The number of carboxylic acids is 1. The van der Waals surface area contributed by atoms with Gasteiger partial charge >= 0.3 is 5.97 Å². The monoisotopic (exact) mass is 338 g/mol. The van der Waals surface area contributed by atoms with Crippen molar-refractivity contribution in [3.63, 3.8) is 0 Å². The Hall–Kier alpha value is -1.54. The lowest BCUT2D eigenvalue weighted by Gasteiger charge is -2.41. The number of aromatic nitrogens is 2. The standard InChI is InChI=1S/C15H22N4O3S/c1-9(2)13-11(23-18-17-13)8-19-5-3-15(4-6-19)10(14(21)22)7-12(20)16-15/h9-10H,3-8H2,1-2H3,(H,16,20)(H,21,22). The normalized spacial score (nSPS) is 24.3. The summed E-state index contributed by atoms with van der Waals surface area (Å²) in [6.45, 7) is 6.57. The summed E-state index contributed by atoms with van der Waals surface area (Å²) in [5.74, 6) is -1.26. The van der Waals surface area contributed by atoms with Crippen molar-refractivity contribution in [3.8, 4) is 0 Å². The van der Waals surface area contributed by atoms with Gasteiger partial charge in [0.1, 0.15) is 0 Å². The number of hydrogen-bond acceptors (Lipinski definition) is 6. The van der Waals surface area contributed by atoms with Crippen LogP contribution in [0.1, 0.15) is 49.6 Å². The molecule has 1 spiro atoms. The lowest BCUT2D eigenvalue weighted by molar-refractivity contribution is -0.144. The third kappa shape index (κ3) is 3.10. The maximum Gasteiger partial charge on any atom is 0.309 e. The molecule has 2 aliphatic heterocycles. The number of hydrogen-bond donors (Lipinski definition) is 2. The summed E-state index contributed by atoms with van der Waals surface area (Å²) in [6.07, 6.45) is 1.46. The molecule has 1 amide bonds. The molecular weight excluding hydrogens is 316 g/mol. The van der Waals surface area contributed by atoms with Crippen LogP contribution in [0.15, 0.2) is 0 Å². The topological polar surface area (TPSA) is 95.4 Å². The minimum absolute atomic E-state index is 0.103. The van der Waals surface area contributed by atoms with Crippen LogP contribution >= 0.6 is 11.5 Å². The van der Waals surface area contributed by atoms with Gasteiger partial charge in [-0.2, -0.15) is 0 Å². The van der Waals surface area contributed by atoms with Gasteiger partial charge in [0.25, 0.3) is 0 Å². The zero-order chi connectivity index (χ0) is 16.6. The van der Waals surface area contributed by atoms with Crippen LogP contribution in [-0.2, 0) is 16.1 Å². The van der Waals surface area contributed by atoms with Crippen LogP contribution in [0.3, 0.4) is 0 Å².